The van der Waals surface area contributed by atoms with Crippen LogP contribution in [0.15, 0.2) is 0 Å². The van der Waals surface area contributed by atoms with Crippen LogP contribution in [0.1, 0.15) is 32.1 Å². The predicted molar refractivity (Wildman–Crippen MR) is 56.7 cm³/mol. The molecule has 78 valence electrons. The number of nitriles is 1. The van der Waals surface area contributed by atoms with E-state index in [2.05, 4.69) is 18.0 Å². The van der Waals surface area contributed by atoms with E-state index in [4.69, 9.17) is 0 Å². The topological polar surface area (TPSA) is 27.0 Å². The van der Waals surface area contributed by atoms with Crippen LogP contribution in [-0.2, 0) is 0 Å². The SMILES string of the molecule is CN1CCC(C(C#N)C2CCCC2)C1. The van der Waals surface area contributed by atoms with Crippen molar-refractivity contribution in [3.8, 4) is 6.07 Å². The summed E-state index contributed by atoms with van der Waals surface area (Å²) in [5, 5.41) is 9.26. The first kappa shape index (κ1) is 9.98. The molecule has 2 nitrogen and oxygen atoms in total. The Labute approximate surface area is 86.9 Å². The Morgan fingerprint density at radius 1 is 1.21 bits per heavy atom. The molecule has 2 heteroatoms. The number of hydrogen-bond donors (Lipinski definition) is 0. The van der Waals surface area contributed by atoms with Crippen LogP contribution in [0, 0.1) is 29.1 Å². The van der Waals surface area contributed by atoms with Gasteiger partial charge in [-0.2, -0.15) is 5.26 Å². The molecule has 2 fully saturated rings. The van der Waals surface area contributed by atoms with Crippen molar-refractivity contribution in [3.05, 3.63) is 0 Å². The Morgan fingerprint density at radius 2 is 1.93 bits per heavy atom. The maximum Gasteiger partial charge on any atom is 0.0662 e. The van der Waals surface area contributed by atoms with Gasteiger partial charge >= 0.3 is 0 Å². The molecule has 2 aliphatic rings. The van der Waals surface area contributed by atoms with Gasteiger partial charge in [-0.25, -0.2) is 0 Å². The van der Waals surface area contributed by atoms with Crippen molar-refractivity contribution >= 4 is 0 Å². The fraction of sp³-hybridized carbons (Fsp3) is 0.917. The predicted octanol–water partition coefficient (Wildman–Crippen LogP) is 2.27. The van der Waals surface area contributed by atoms with Crippen molar-refractivity contribution < 1.29 is 0 Å². The minimum Gasteiger partial charge on any atom is -0.306 e. The van der Waals surface area contributed by atoms with E-state index in [1.54, 1.807) is 0 Å². The molecule has 14 heavy (non-hydrogen) atoms. The summed E-state index contributed by atoms with van der Waals surface area (Å²) >= 11 is 0. The van der Waals surface area contributed by atoms with Gasteiger partial charge in [0.15, 0.2) is 0 Å². The smallest absolute Gasteiger partial charge is 0.0662 e. The minimum absolute atomic E-state index is 0.349. The third-order valence-electron chi connectivity index (χ3n) is 3.99. The molecule has 0 radical (unpaired) electrons. The molecule has 1 aliphatic heterocycles. The van der Waals surface area contributed by atoms with E-state index in [1.165, 1.54) is 38.6 Å². The van der Waals surface area contributed by atoms with Crippen LogP contribution < -0.4 is 0 Å². The first-order valence-corrected chi connectivity index (χ1v) is 5.89. The molecule has 1 saturated heterocycles. The second-order valence-electron chi connectivity index (χ2n) is 5.01. The van der Waals surface area contributed by atoms with Crippen molar-refractivity contribution in [2.24, 2.45) is 17.8 Å². The van der Waals surface area contributed by atoms with E-state index in [1.807, 2.05) is 0 Å². The molecule has 0 N–H and O–H groups in total. The lowest BCUT2D eigenvalue weighted by Gasteiger charge is -2.22. The summed E-state index contributed by atoms with van der Waals surface area (Å²) in [6, 6.07) is 2.58. The number of nitrogens with zero attached hydrogens (tertiary/aromatic N) is 2. The Hall–Kier alpha value is -0.550. The number of likely N-dealkylation sites (tertiary alicyclic amines) is 1. The average Bonchev–Trinajstić information content (AvgIpc) is 2.79. The molecular formula is C12H20N2. The van der Waals surface area contributed by atoms with Crippen LogP contribution in [0.25, 0.3) is 0 Å². The molecule has 1 aliphatic carbocycles. The quantitative estimate of drug-likeness (QED) is 0.671. The lowest BCUT2D eigenvalue weighted by molar-refractivity contribution is 0.285. The molecular weight excluding hydrogens is 172 g/mol. The maximum absolute atomic E-state index is 9.26. The highest BCUT2D eigenvalue weighted by Gasteiger charge is 2.34. The second kappa shape index (κ2) is 4.31. The monoisotopic (exact) mass is 192 g/mol. The van der Waals surface area contributed by atoms with Crippen molar-refractivity contribution in [2.45, 2.75) is 32.1 Å². The van der Waals surface area contributed by atoms with Crippen molar-refractivity contribution in [3.63, 3.8) is 0 Å². The molecule has 2 atom stereocenters. The minimum atomic E-state index is 0.349. The van der Waals surface area contributed by atoms with Gasteiger partial charge in [-0.05, 0) is 44.7 Å². The molecule has 1 heterocycles. The van der Waals surface area contributed by atoms with E-state index in [9.17, 15) is 5.26 Å². The molecule has 0 bridgehead atoms. The third kappa shape index (κ3) is 1.93. The van der Waals surface area contributed by atoms with Gasteiger partial charge < -0.3 is 4.90 Å². The lowest BCUT2D eigenvalue weighted by Crippen LogP contribution is -2.23. The molecule has 0 amide bonds. The third-order valence-corrected chi connectivity index (χ3v) is 3.99. The van der Waals surface area contributed by atoms with Gasteiger partial charge in [-0.3, -0.25) is 0 Å². The highest BCUT2D eigenvalue weighted by Crippen LogP contribution is 2.37. The van der Waals surface area contributed by atoms with Crippen molar-refractivity contribution in [1.82, 2.24) is 4.90 Å². The molecule has 0 aromatic carbocycles. The Kier molecular flexibility index (Phi) is 3.08. The zero-order chi connectivity index (χ0) is 9.97. The standard InChI is InChI=1S/C12H20N2/c1-14-7-6-11(9-14)12(8-13)10-4-2-3-5-10/h10-12H,2-7,9H2,1H3. The summed E-state index contributed by atoms with van der Waals surface area (Å²) < 4.78 is 0. The summed E-state index contributed by atoms with van der Waals surface area (Å²) in [7, 11) is 2.17. The fourth-order valence-corrected chi connectivity index (χ4v) is 3.17. The van der Waals surface area contributed by atoms with E-state index in [0.717, 1.165) is 12.5 Å². The highest BCUT2D eigenvalue weighted by molar-refractivity contribution is 4.97. The number of rotatable bonds is 2. The maximum atomic E-state index is 9.26. The zero-order valence-corrected chi connectivity index (χ0v) is 9.08. The first-order valence-electron chi connectivity index (χ1n) is 5.89. The molecule has 2 unspecified atom stereocenters. The van der Waals surface area contributed by atoms with Gasteiger partial charge in [0.05, 0.1) is 12.0 Å². The summed E-state index contributed by atoms with van der Waals surface area (Å²) in [5.41, 5.74) is 0. The van der Waals surface area contributed by atoms with Gasteiger partial charge in [-0.1, -0.05) is 12.8 Å². The summed E-state index contributed by atoms with van der Waals surface area (Å²) in [4.78, 5) is 2.37. The molecule has 0 spiro atoms. The number of hydrogen-bond acceptors (Lipinski definition) is 2. The van der Waals surface area contributed by atoms with Crippen LogP contribution >= 0.6 is 0 Å². The van der Waals surface area contributed by atoms with Crippen LogP contribution in [-0.4, -0.2) is 25.0 Å². The summed E-state index contributed by atoms with van der Waals surface area (Å²) in [5.74, 6) is 1.73. The zero-order valence-electron chi connectivity index (χ0n) is 9.08. The molecule has 2 rings (SSSR count). The molecule has 0 aromatic heterocycles. The van der Waals surface area contributed by atoms with Crippen LogP contribution in [0.5, 0.6) is 0 Å². The van der Waals surface area contributed by atoms with E-state index in [0.29, 0.717) is 11.8 Å². The largest absolute Gasteiger partial charge is 0.306 e. The van der Waals surface area contributed by atoms with Gasteiger partial charge in [0, 0.05) is 6.54 Å². The van der Waals surface area contributed by atoms with Gasteiger partial charge in [-0.15, -0.1) is 0 Å². The van der Waals surface area contributed by atoms with Crippen LogP contribution in [0.3, 0.4) is 0 Å². The summed E-state index contributed by atoms with van der Waals surface area (Å²) in [6.07, 6.45) is 6.55. The van der Waals surface area contributed by atoms with E-state index < -0.39 is 0 Å². The Balaban J connectivity index is 1.95. The van der Waals surface area contributed by atoms with Crippen LogP contribution in [0.4, 0.5) is 0 Å². The Bertz CT molecular complexity index is 225. The van der Waals surface area contributed by atoms with Crippen molar-refractivity contribution in [2.75, 3.05) is 20.1 Å². The summed E-state index contributed by atoms with van der Waals surface area (Å²) in [6.45, 7) is 2.34. The van der Waals surface area contributed by atoms with Gasteiger partial charge in [0.2, 0.25) is 0 Å². The second-order valence-corrected chi connectivity index (χ2v) is 5.01. The molecule has 1 saturated carbocycles. The van der Waals surface area contributed by atoms with Gasteiger partial charge in [0.25, 0.3) is 0 Å². The Morgan fingerprint density at radius 3 is 2.43 bits per heavy atom. The normalized spacial score (nSPS) is 31.9. The van der Waals surface area contributed by atoms with Crippen molar-refractivity contribution in [1.29, 1.82) is 5.26 Å². The van der Waals surface area contributed by atoms with Gasteiger partial charge in [0.1, 0.15) is 0 Å². The molecule has 0 aromatic rings. The lowest BCUT2D eigenvalue weighted by atomic mass is 9.81. The van der Waals surface area contributed by atoms with Crippen LogP contribution in [0.2, 0.25) is 0 Å². The van der Waals surface area contributed by atoms with E-state index >= 15 is 0 Å². The fourth-order valence-electron chi connectivity index (χ4n) is 3.17. The average molecular weight is 192 g/mol. The van der Waals surface area contributed by atoms with E-state index in [-0.39, 0.29) is 0 Å². The highest BCUT2D eigenvalue weighted by atomic mass is 15.1. The first-order chi connectivity index (χ1) is 6.81.